The maximum atomic E-state index is 13.8. The minimum Gasteiger partial charge on any atom is -0.271 e. The molecule has 0 amide bonds. The molecule has 1 unspecified atom stereocenters. The van der Waals surface area contributed by atoms with Crippen LogP contribution in [0.4, 0.5) is 4.39 Å². The Morgan fingerprint density at radius 1 is 1.33 bits per heavy atom. The molecule has 1 aromatic heterocycles. The number of nitrogens with zero attached hydrogens (tertiary/aromatic N) is 1. The highest BCUT2D eigenvalue weighted by Gasteiger charge is 2.15. The van der Waals surface area contributed by atoms with E-state index < -0.39 is 0 Å². The molecule has 0 saturated carbocycles. The van der Waals surface area contributed by atoms with Crippen LogP contribution in [0.1, 0.15) is 17.3 Å². The molecule has 2 aromatic rings. The van der Waals surface area contributed by atoms with Crippen LogP contribution >= 0.6 is 15.9 Å². The van der Waals surface area contributed by atoms with Crippen molar-refractivity contribution in [2.24, 2.45) is 5.84 Å². The first kappa shape index (κ1) is 13.1. The van der Waals surface area contributed by atoms with Crippen molar-refractivity contribution in [3.05, 3.63) is 64.1 Å². The smallest absolute Gasteiger partial charge is 0.128 e. The van der Waals surface area contributed by atoms with E-state index in [2.05, 4.69) is 26.3 Å². The SMILES string of the molecule is NNC(Cc1ccccn1)c1cc(Br)ccc1F. The molecular weight excluding hydrogens is 297 g/mol. The zero-order chi connectivity index (χ0) is 13.0. The summed E-state index contributed by atoms with van der Waals surface area (Å²) >= 11 is 3.33. The molecule has 0 aliphatic carbocycles. The predicted molar refractivity (Wildman–Crippen MR) is 72.1 cm³/mol. The van der Waals surface area contributed by atoms with Gasteiger partial charge in [-0.05, 0) is 30.3 Å². The van der Waals surface area contributed by atoms with Gasteiger partial charge in [-0.3, -0.25) is 16.3 Å². The average molecular weight is 310 g/mol. The average Bonchev–Trinajstić information content (AvgIpc) is 2.40. The van der Waals surface area contributed by atoms with Crippen molar-refractivity contribution in [1.29, 1.82) is 0 Å². The number of aromatic nitrogens is 1. The van der Waals surface area contributed by atoms with E-state index in [0.29, 0.717) is 12.0 Å². The third-order valence-corrected chi connectivity index (χ3v) is 3.17. The zero-order valence-electron chi connectivity index (χ0n) is 9.61. The minimum atomic E-state index is -0.308. The monoisotopic (exact) mass is 309 g/mol. The number of hydrogen-bond donors (Lipinski definition) is 2. The number of halogens is 2. The summed E-state index contributed by atoms with van der Waals surface area (Å²) in [6.07, 6.45) is 2.24. The maximum absolute atomic E-state index is 13.8. The molecule has 1 atom stereocenters. The summed E-state index contributed by atoms with van der Waals surface area (Å²) < 4.78 is 14.6. The topological polar surface area (TPSA) is 50.9 Å². The minimum absolute atomic E-state index is 0.280. The van der Waals surface area contributed by atoms with Crippen LogP contribution in [0, 0.1) is 5.82 Å². The molecule has 94 valence electrons. The van der Waals surface area contributed by atoms with E-state index in [1.165, 1.54) is 6.07 Å². The second-order valence-electron chi connectivity index (χ2n) is 3.91. The Hall–Kier alpha value is -1.30. The second kappa shape index (κ2) is 6.04. The lowest BCUT2D eigenvalue weighted by atomic mass is 10.0. The van der Waals surface area contributed by atoms with Gasteiger partial charge < -0.3 is 0 Å². The van der Waals surface area contributed by atoms with Gasteiger partial charge >= 0.3 is 0 Å². The normalized spacial score (nSPS) is 12.4. The Morgan fingerprint density at radius 3 is 2.83 bits per heavy atom. The number of nitrogens with one attached hydrogen (secondary N) is 1. The van der Waals surface area contributed by atoms with Crippen molar-refractivity contribution >= 4 is 15.9 Å². The van der Waals surface area contributed by atoms with Crippen LogP contribution < -0.4 is 11.3 Å². The Bertz CT molecular complexity index is 519. The molecule has 0 saturated heterocycles. The van der Waals surface area contributed by atoms with Crippen molar-refractivity contribution in [3.63, 3.8) is 0 Å². The van der Waals surface area contributed by atoms with Crippen LogP contribution in [0.2, 0.25) is 0 Å². The molecule has 18 heavy (non-hydrogen) atoms. The Kier molecular flexibility index (Phi) is 4.41. The molecule has 1 heterocycles. The van der Waals surface area contributed by atoms with Gasteiger partial charge in [0.05, 0.1) is 6.04 Å². The first-order valence-electron chi connectivity index (χ1n) is 5.51. The van der Waals surface area contributed by atoms with Crippen LogP contribution in [0.3, 0.4) is 0 Å². The van der Waals surface area contributed by atoms with Crippen molar-refractivity contribution < 1.29 is 4.39 Å². The van der Waals surface area contributed by atoms with E-state index in [4.69, 9.17) is 5.84 Å². The maximum Gasteiger partial charge on any atom is 0.128 e. The molecule has 3 nitrogen and oxygen atoms in total. The van der Waals surface area contributed by atoms with Crippen LogP contribution in [-0.2, 0) is 6.42 Å². The van der Waals surface area contributed by atoms with Gasteiger partial charge in [-0.25, -0.2) is 4.39 Å². The quantitative estimate of drug-likeness (QED) is 0.674. The molecule has 0 radical (unpaired) electrons. The molecule has 1 aromatic carbocycles. The van der Waals surface area contributed by atoms with Crippen molar-refractivity contribution in [3.8, 4) is 0 Å². The van der Waals surface area contributed by atoms with Crippen LogP contribution in [0.25, 0.3) is 0 Å². The lowest BCUT2D eigenvalue weighted by Crippen LogP contribution is -2.30. The molecule has 0 fully saturated rings. The van der Waals surface area contributed by atoms with Gasteiger partial charge in [0.2, 0.25) is 0 Å². The number of hydrogen-bond acceptors (Lipinski definition) is 3. The first-order valence-corrected chi connectivity index (χ1v) is 6.31. The van der Waals surface area contributed by atoms with Gasteiger partial charge in [0.1, 0.15) is 5.82 Å². The molecule has 5 heteroatoms. The van der Waals surface area contributed by atoms with Crippen LogP contribution in [-0.4, -0.2) is 4.98 Å². The molecule has 0 spiro atoms. The lowest BCUT2D eigenvalue weighted by Gasteiger charge is -2.17. The standard InChI is InChI=1S/C13H13BrFN3/c14-9-4-5-12(15)11(7-9)13(18-16)8-10-3-1-2-6-17-10/h1-7,13,18H,8,16H2. The van der Waals surface area contributed by atoms with E-state index in [1.807, 2.05) is 18.2 Å². The summed E-state index contributed by atoms with van der Waals surface area (Å²) in [4.78, 5) is 4.21. The highest BCUT2D eigenvalue weighted by Crippen LogP contribution is 2.23. The fourth-order valence-corrected chi connectivity index (χ4v) is 2.15. The molecule has 3 N–H and O–H groups in total. The Balaban J connectivity index is 2.26. The molecular formula is C13H13BrFN3. The third kappa shape index (κ3) is 3.13. The summed E-state index contributed by atoms with van der Waals surface area (Å²) in [6.45, 7) is 0. The first-order chi connectivity index (χ1) is 8.70. The highest BCUT2D eigenvalue weighted by molar-refractivity contribution is 9.10. The van der Waals surface area contributed by atoms with Gasteiger partial charge in [-0.15, -0.1) is 0 Å². The van der Waals surface area contributed by atoms with E-state index >= 15 is 0 Å². The molecule has 0 bridgehead atoms. The van der Waals surface area contributed by atoms with Crippen LogP contribution in [0.5, 0.6) is 0 Å². The van der Waals surface area contributed by atoms with Gasteiger partial charge in [-0.1, -0.05) is 22.0 Å². The Morgan fingerprint density at radius 2 is 2.17 bits per heavy atom. The molecule has 0 aliphatic heterocycles. The number of hydrazine groups is 1. The number of pyridine rings is 1. The zero-order valence-corrected chi connectivity index (χ0v) is 11.2. The summed E-state index contributed by atoms with van der Waals surface area (Å²) in [5.74, 6) is 5.23. The lowest BCUT2D eigenvalue weighted by molar-refractivity contribution is 0.506. The van der Waals surface area contributed by atoms with E-state index in [9.17, 15) is 4.39 Å². The van der Waals surface area contributed by atoms with Crippen molar-refractivity contribution in [2.75, 3.05) is 0 Å². The number of benzene rings is 1. The fraction of sp³-hybridized carbons (Fsp3) is 0.154. The summed E-state index contributed by atoms with van der Waals surface area (Å²) in [5.41, 5.74) is 4.02. The second-order valence-corrected chi connectivity index (χ2v) is 4.83. The predicted octanol–water partition coefficient (Wildman–Crippen LogP) is 2.73. The fourth-order valence-electron chi connectivity index (χ4n) is 1.77. The van der Waals surface area contributed by atoms with Crippen LogP contribution in [0.15, 0.2) is 47.1 Å². The van der Waals surface area contributed by atoms with Gasteiger partial charge in [0.25, 0.3) is 0 Å². The summed E-state index contributed by atoms with van der Waals surface area (Å²) in [6, 6.07) is 10.1. The van der Waals surface area contributed by atoms with Gasteiger partial charge in [-0.2, -0.15) is 0 Å². The largest absolute Gasteiger partial charge is 0.271 e. The molecule has 2 rings (SSSR count). The van der Waals surface area contributed by atoms with Gasteiger partial charge in [0, 0.05) is 28.3 Å². The van der Waals surface area contributed by atoms with Crippen molar-refractivity contribution in [2.45, 2.75) is 12.5 Å². The van der Waals surface area contributed by atoms with Crippen molar-refractivity contribution in [1.82, 2.24) is 10.4 Å². The Labute approximate surface area is 113 Å². The summed E-state index contributed by atoms with van der Waals surface area (Å²) in [5, 5.41) is 0. The van der Waals surface area contributed by atoms with Gasteiger partial charge in [0.15, 0.2) is 0 Å². The highest BCUT2D eigenvalue weighted by atomic mass is 79.9. The number of nitrogens with two attached hydrogens (primary N) is 1. The van der Waals surface area contributed by atoms with E-state index in [0.717, 1.165) is 10.2 Å². The van der Waals surface area contributed by atoms with E-state index in [-0.39, 0.29) is 11.9 Å². The summed E-state index contributed by atoms with van der Waals surface area (Å²) in [7, 11) is 0. The third-order valence-electron chi connectivity index (χ3n) is 2.67. The van der Waals surface area contributed by atoms with E-state index in [1.54, 1.807) is 18.3 Å². The molecule has 0 aliphatic rings. The number of rotatable bonds is 4.